The summed E-state index contributed by atoms with van der Waals surface area (Å²) in [5, 5.41) is 0. The van der Waals surface area contributed by atoms with Gasteiger partial charge in [0.05, 0.1) is 18.0 Å². The van der Waals surface area contributed by atoms with Crippen LogP contribution in [0.25, 0.3) is 0 Å². The van der Waals surface area contributed by atoms with Crippen LogP contribution in [0.3, 0.4) is 0 Å². The molecule has 0 radical (unpaired) electrons. The van der Waals surface area contributed by atoms with Crippen molar-refractivity contribution in [3.63, 3.8) is 0 Å². The number of nitrogens with zero attached hydrogens (tertiary/aromatic N) is 5. The minimum atomic E-state index is -1.14. The first-order chi connectivity index (χ1) is 20.1. The molecule has 2 heterocycles. The second-order valence-electron chi connectivity index (χ2n) is 12.1. The highest BCUT2D eigenvalue weighted by Gasteiger charge is 2.45. The minimum absolute atomic E-state index is 0. The van der Waals surface area contributed by atoms with Crippen molar-refractivity contribution >= 4 is 53.9 Å². The van der Waals surface area contributed by atoms with Crippen LogP contribution in [0.5, 0.6) is 5.75 Å². The molecule has 1 fully saturated rings. The van der Waals surface area contributed by atoms with Gasteiger partial charge in [0.25, 0.3) is 0 Å². The van der Waals surface area contributed by atoms with E-state index in [1.165, 1.54) is 12.0 Å². The fraction of sp³-hybridized carbons (Fsp3) is 0.576. The number of amides is 3. The molecule has 0 unspecified atom stereocenters. The van der Waals surface area contributed by atoms with Gasteiger partial charge in [-0.2, -0.15) is 0 Å². The number of benzene rings is 1. The number of ether oxygens (including phenoxy) is 1. The summed E-state index contributed by atoms with van der Waals surface area (Å²) in [5.41, 5.74) is 1.43. The van der Waals surface area contributed by atoms with Gasteiger partial charge in [-0.05, 0) is 69.9 Å². The number of fused-ring (bicyclic) bond motifs is 1. The summed E-state index contributed by atoms with van der Waals surface area (Å²) < 4.78 is 6.15. The molecule has 0 spiro atoms. The molecule has 244 valence electrons. The third-order valence-electron chi connectivity index (χ3n) is 8.66. The molecule has 44 heavy (non-hydrogen) atoms. The Kier molecular flexibility index (Phi) is 14.4. The van der Waals surface area contributed by atoms with Crippen molar-refractivity contribution < 1.29 is 19.1 Å². The van der Waals surface area contributed by atoms with Gasteiger partial charge in [-0.3, -0.25) is 24.3 Å². The Morgan fingerprint density at radius 2 is 1.66 bits per heavy atom. The molecule has 0 saturated heterocycles. The molecule has 11 heteroatoms. The molecular formula is C33H49Cl2N5O4. The van der Waals surface area contributed by atoms with Crippen molar-refractivity contribution in [3.05, 3.63) is 48.3 Å². The number of hydrogen-bond acceptors (Lipinski definition) is 6. The molecular weight excluding hydrogens is 601 g/mol. The van der Waals surface area contributed by atoms with Gasteiger partial charge in [0.2, 0.25) is 17.7 Å². The average Bonchev–Trinajstić information content (AvgIpc) is 3.06. The summed E-state index contributed by atoms with van der Waals surface area (Å²) in [4.78, 5) is 50.9. The van der Waals surface area contributed by atoms with Crippen LogP contribution < -0.4 is 14.5 Å². The van der Waals surface area contributed by atoms with E-state index in [9.17, 15) is 14.4 Å². The lowest BCUT2D eigenvalue weighted by Crippen LogP contribution is -2.47. The SMILES string of the molecule is CCN1C(=O)C(C)(C)C(=O)N(C)c2cc(OCCCN(CCN(C)C(=O)C3CCCCC3)Cc3ccncc3)ccc21.Cl.Cl. The molecule has 1 aliphatic carbocycles. The van der Waals surface area contributed by atoms with E-state index in [0.717, 1.165) is 51.7 Å². The molecule has 3 amide bonds. The van der Waals surface area contributed by atoms with E-state index in [4.69, 9.17) is 4.74 Å². The summed E-state index contributed by atoms with van der Waals surface area (Å²) >= 11 is 0. The molecule has 1 aromatic carbocycles. The summed E-state index contributed by atoms with van der Waals surface area (Å²) in [6, 6.07) is 9.64. The first kappa shape index (κ1) is 37.3. The standard InChI is InChI=1S/C33H47N5O4.2ClH/c1-6-38-28-14-13-27(23-29(28)36(5)31(40)33(2,3)32(38)41)42-22-10-19-37(24-25-15-17-34-18-16-25)21-20-35(4)30(39)26-11-8-7-9-12-26;;/h13-18,23,26H,6-12,19-22,24H2,1-5H3;2*1H. The largest absolute Gasteiger partial charge is 0.493 e. The number of carbonyl (C=O) groups excluding carboxylic acids is 3. The Hall–Kier alpha value is -2.88. The van der Waals surface area contributed by atoms with Crippen molar-refractivity contribution in [1.29, 1.82) is 0 Å². The van der Waals surface area contributed by atoms with Crippen molar-refractivity contribution in [2.24, 2.45) is 11.3 Å². The first-order valence-electron chi connectivity index (χ1n) is 15.4. The topological polar surface area (TPSA) is 86.3 Å². The van der Waals surface area contributed by atoms with Gasteiger partial charge in [0.1, 0.15) is 11.2 Å². The van der Waals surface area contributed by atoms with Crippen molar-refractivity contribution in [3.8, 4) is 5.75 Å². The van der Waals surface area contributed by atoms with Crippen LogP contribution in [-0.4, -0.2) is 79.4 Å². The predicted octanol–water partition coefficient (Wildman–Crippen LogP) is 5.59. The normalized spacial score (nSPS) is 16.5. The summed E-state index contributed by atoms with van der Waals surface area (Å²) in [6.45, 7) is 9.31. The Morgan fingerprint density at radius 3 is 2.32 bits per heavy atom. The Labute approximate surface area is 275 Å². The van der Waals surface area contributed by atoms with Gasteiger partial charge < -0.3 is 19.4 Å². The molecule has 2 aliphatic rings. The van der Waals surface area contributed by atoms with Crippen molar-refractivity contribution in [2.45, 2.75) is 65.8 Å². The zero-order chi connectivity index (χ0) is 30.3. The number of pyridine rings is 1. The molecule has 9 nitrogen and oxygen atoms in total. The smallest absolute Gasteiger partial charge is 0.242 e. The van der Waals surface area contributed by atoms with E-state index < -0.39 is 5.41 Å². The lowest BCUT2D eigenvalue weighted by Gasteiger charge is -2.29. The summed E-state index contributed by atoms with van der Waals surface area (Å²) in [5.74, 6) is 0.681. The quantitative estimate of drug-likeness (QED) is 0.220. The number of likely N-dealkylation sites (N-methyl/N-ethyl adjacent to an activating group) is 1. The van der Waals surface area contributed by atoms with Crippen LogP contribution in [-0.2, 0) is 20.9 Å². The summed E-state index contributed by atoms with van der Waals surface area (Å²) in [6.07, 6.45) is 9.99. The van der Waals surface area contributed by atoms with Gasteiger partial charge in [-0.25, -0.2) is 0 Å². The van der Waals surface area contributed by atoms with Gasteiger partial charge in [0.15, 0.2) is 0 Å². The van der Waals surface area contributed by atoms with Gasteiger partial charge in [0, 0.05) is 71.2 Å². The van der Waals surface area contributed by atoms with Crippen LogP contribution in [0.4, 0.5) is 11.4 Å². The number of rotatable bonds is 12. The highest BCUT2D eigenvalue weighted by Crippen LogP contribution is 2.40. The zero-order valence-corrected chi connectivity index (χ0v) is 28.4. The molecule has 1 saturated carbocycles. The van der Waals surface area contributed by atoms with Crippen LogP contribution >= 0.6 is 24.8 Å². The maximum absolute atomic E-state index is 13.1. The zero-order valence-electron chi connectivity index (χ0n) is 26.8. The van der Waals surface area contributed by atoms with Crippen LogP contribution in [0.15, 0.2) is 42.7 Å². The Balaban J connectivity index is 0.00000337. The fourth-order valence-corrected chi connectivity index (χ4v) is 6.03. The van der Waals surface area contributed by atoms with E-state index >= 15 is 0 Å². The van der Waals surface area contributed by atoms with E-state index in [1.54, 1.807) is 30.7 Å². The van der Waals surface area contributed by atoms with Crippen LogP contribution in [0.1, 0.15) is 64.9 Å². The second kappa shape index (κ2) is 17.0. The van der Waals surface area contributed by atoms with E-state index in [0.29, 0.717) is 36.8 Å². The van der Waals surface area contributed by atoms with E-state index in [2.05, 4.69) is 9.88 Å². The maximum atomic E-state index is 13.1. The van der Waals surface area contributed by atoms with Gasteiger partial charge in [-0.15, -0.1) is 24.8 Å². The number of hydrogen-bond donors (Lipinski definition) is 0. The second-order valence-corrected chi connectivity index (χ2v) is 12.1. The first-order valence-corrected chi connectivity index (χ1v) is 15.4. The Morgan fingerprint density at radius 1 is 0.977 bits per heavy atom. The van der Waals surface area contributed by atoms with Crippen LogP contribution in [0.2, 0.25) is 0 Å². The molecule has 1 aromatic heterocycles. The number of aromatic nitrogens is 1. The molecule has 1 aliphatic heterocycles. The lowest BCUT2D eigenvalue weighted by molar-refractivity contribution is -0.138. The monoisotopic (exact) mass is 649 g/mol. The Bertz CT molecular complexity index is 1240. The number of halogens is 2. The van der Waals surface area contributed by atoms with Crippen molar-refractivity contribution in [1.82, 2.24) is 14.8 Å². The maximum Gasteiger partial charge on any atom is 0.242 e. The van der Waals surface area contributed by atoms with Gasteiger partial charge >= 0.3 is 0 Å². The highest BCUT2D eigenvalue weighted by atomic mass is 35.5. The lowest BCUT2D eigenvalue weighted by atomic mass is 9.88. The molecule has 0 N–H and O–H groups in total. The highest BCUT2D eigenvalue weighted by molar-refractivity contribution is 6.20. The predicted molar refractivity (Wildman–Crippen MR) is 180 cm³/mol. The molecule has 0 atom stereocenters. The van der Waals surface area contributed by atoms with Crippen molar-refractivity contribution in [2.75, 3.05) is 56.7 Å². The number of anilines is 2. The van der Waals surface area contributed by atoms with E-state index in [1.807, 2.05) is 61.6 Å². The number of carbonyl (C=O) groups is 3. The van der Waals surface area contributed by atoms with E-state index in [-0.39, 0.29) is 48.5 Å². The third kappa shape index (κ3) is 8.86. The minimum Gasteiger partial charge on any atom is -0.493 e. The van der Waals surface area contributed by atoms with Gasteiger partial charge in [-0.1, -0.05) is 19.3 Å². The molecule has 0 bridgehead atoms. The van der Waals surface area contributed by atoms with Crippen LogP contribution in [0, 0.1) is 11.3 Å². The summed E-state index contributed by atoms with van der Waals surface area (Å²) in [7, 11) is 3.64. The average molecular weight is 651 g/mol. The third-order valence-corrected chi connectivity index (χ3v) is 8.66. The fourth-order valence-electron chi connectivity index (χ4n) is 6.03. The molecule has 2 aromatic rings. The molecule has 4 rings (SSSR count).